The van der Waals surface area contributed by atoms with Crippen LogP contribution in [0.5, 0.6) is 0 Å². The molecule has 0 amide bonds. The van der Waals surface area contributed by atoms with E-state index >= 15 is 0 Å². The molecule has 0 bridgehead atoms. The Bertz CT molecular complexity index is 1300. The molecule has 0 radical (unpaired) electrons. The first-order valence-corrected chi connectivity index (χ1v) is 8.46. The molecule has 0 aliphatic carbocycles. The number of hydrogen-bond donors (Lipinski definition) is 1. The van der Waals surface area contributed by atoms with Crippen LogP contribution in [0.2, 0.25) is 0 Å². The molecule has 0 fully saturated rings. The molecule has 27 heavy (non-hydrogen) atoms. The van der Waals surface area contributed by atoms with Crippen molar-refractivity contribution in [2.45, 2.75) is 13.1 Å². The van der Waals surface area contributed by atoms with Gasteiger partial charge < -0.3 is 5.11 Å². The Balaban J connectivity index is 1.91. The van der Waals surface area contributed by atoms with E-state index in [0.717, 1.165) is 25.5 Å². The summed E-state index contributed by atoms with van der Waals surface area (Å²) in [5.41, 5.74) is 0.0642. The summed E-state index contributed by atoms with van der Waals surface area (Å²) >= 11 is 0. The Hall–Kier alpha value is -3.67. The van der Waals surface area contributed by atoms with Crippen LogP contribution in [0.3, 0.4) is 0 Å². The lowest BCUT2D eigenvalue weighted by molar-refractivity contribution is -0.137. The van der Waals surface area contributed by atoms with Gasteiger partial charge in [0.25, 0.3) is 5.56 Å². The third-order valence-corrected chi connectivity index (χ3v) is 4.58. The maximum Gasteiger partial charge on any atom is 0.332 e. The van der Waals surface area contributed by atoms with Gasteiger partial charge in [-0.25, -0.2) is 4.79 Å². The molecule has 4 rings (SSSR count). The highest BCUT2D eigenvalue weighted by molar-refractivity contribution is 5.83. The van der Waals surface area contributed by atoms with Crippen molar-refractivity contribution >= 4 is 27.6 Å². The topological polar surface area (TPSA) is 81.3 Å². The van der Waals surface area contributed by atoms with Crippen LogP contribution in [0, 0.1) is 0 Å². The van der Waals surface area contributed by atoms with Crippen LogP contribution in [-0.4, -0.2) is 20.2 Å². The molecule has 0 saturated heterocycles. The average molecular weight is 360 g/mol. The summed E-state index contributed by atoms with van der Waals surface area (Å²) in [7, 11) is 0. The number of fused-ring (bicyclic) bond motifs is 2. The summed E-state index contributed by atoms with van der Waals surface area (Å²) in [4.78, 5) is 36.9. The van der Waals surface area contributed by atoms with Crippen LogP contribution < -0.4 is 11.2 Å². The quantitative estimate of drug-likeness (QED) is 0.606. The van der Waals surface area contributed by atoms with Crippen molar-refractivity contribution in [3.63, 3.8) is 0 Å². The van der Waals surface area contributed by atoms with Crippen LogP contribution in [0.15, 0.2) is 76.3 Å². The minimum Gasteiger partial charge on any atom is -0.480 e. The molecule has 1 heterocycles. The molecular weight excluding hydrogens is 344 g/mol. The predicted molar refractivity (Wildman–Crippen MR) is 103 cm³/mol. The molecule has 6 nitrogen and oxygen atoms in total. The zero-order chi connectivity index (χ0) is 19.0. The van der Waals surface area contributed by atoms with Crippen LogP contribution in [0.25, 0.3) is 21.7 Å². The lowest BCUT2D eigenvalue weighted by Crippen LogP contribution is -2.41. The van der Waals surface area contributed by atoms with E-state index in [4.69, 9.17) is 0 Å². The zero-order valence-corrected chi connectivity index (χ0v) is 14.3. The molecule has 4 aromatic rings. The number of aliphatic carboxylic acids is 1. The first-order chi connectivity index (χ1) is 13.0. The smallest absolute Gasteiger partial charge is 0.332 e. The Morgan fingerprint density at radius 2 is 1.56 bits per heavy atom. The first-order valence-electron chi connectivity index (χ1n) is 8.46. The van der Waals surface area contributed by atoms with Crippen molar-refractivity contribution in [1.29, 1.82) is 0 Å². The number of rotatable bonds is 4. The van der Waals surface area contributed by atoms with E-state index in [1.807, 2.05) is 42.5 Å². The van der Waals surface area contributed by atoms with Crippen LogP contribution in [0.1, 0.15) is 5.56 Å². The van der Waals surface area contributed by atoms with Crippen LogP contribution in [0.4, 0.5) is 0 Å². The number of carboxylic acid groups (broad SMARTS) is 1. The monoisotopic (exact) mass is 360 g/mol. The van der Waals surface area contributed by atoms with Gasteiger partial charge in [-0.05, 0) is 34.5 Å². The summed E-state index contributed by atoms with van der Waals surface area (Å²) in [5, 5.41) is 11.6. The fourth-order valence-corrected chi connectivity index (χ4v) is 3.32. The Kier molecular flexibility index (Phi) is 4.08. The average Bonchev–Trinajstić information content (AvgIpc) is 2.68. The molecule has 0 aliphatic heterocycles. The second-order valence-electron chi connectivity index (χ2n) is 6.35. The largest absolute Gasteiger partial charge is 0.480 e. The maximum absolute atomic E-state index is 12.9. The Morgan fingerprint density at radius 1 is 0.852 bits per heavy atom. The summed E-state index contributed by atoms with van der Waals surface area (Å²) in [6.45, 7) is -0.426. The predicted octanol–water partition coefficient (Wildman–Crippen LogP) is 2.45. The number of benzene rings is 3. The van der Waals surface area contributed by atoms with Gasteiger partial charge in [0, 0.05) is 0 Å². The van der Waals surface area contributed by atoms with E-state index in [-0.39, 0.29) is 6.54 Å². The summed E-state index contributed by atoms with van der Waals surface area (Å²) in [5.74, 6) is -1.14. The summed E-state index contributed by atoms with van der Waals surface area (Å²) in [6.07, 6.45) is 0. The van der Waals surface area contributed by atoms with Gasteiger partial charge in [0.2, 0.25) is 0 Å². The van der Waals surface area contributed by atoms with E-state index in [9.17, 15) is 19.5 Å². The van der Waals surface area contributed by atoms with Gasteiger partial charge in [-0.2, -0.15) is 0 Å². The molecule has 3 aromatic carbocycles. The normalized spacial score (nSPS) is 11.1. The SMILES string of the molecule is O=C(O)Cn1c(=O)n(Cc2ccc3ccccc3c2)c(=O)c2ccccc21. The molecule has 0 spiro atoms. The van der Waals surface area contributed by atoms with E-state index in [1.54, 1.807) is 24.3 Å². The highest BCUT2D eigenvalue weighted by atomic mass is 16.4. The molecule has 6 heteroatoms. The van der Waals surface area contributed by atoms with Gasteiger partial charge in [0.15, 0.2) is 0 Å². The molecule has 0 atom stereocenters. The second kappa shape index (κ2) is 6.57. The van der Waals surface area contributed by atoms with E-state index in [1.165, 1.54) is 0 Å². The van der Waals surface area contributed by atoms with Crippen molar-refractivity contribution in [2.75, 3.05) is 0 Å². The number of nitrogens with zero attached hydrogens (tertiary/aromatic N) is 2. The Labute approximate surface area is 153 Å². The summed E-state index contributed by atoms with van der Waals surface area (Å²) < 4.78 is 2.22. The first kappa shape index (κ1) is 16.8. The molecular formula is C21H16N2O4. The van der Waals surface area contributed by atoms with Gasteiger partial charge in [-0.1, -0.05) is 48.5 Å². The summed E-state index contributed by atoms with van der Waals surface area (Å²) in [6, 6.07) is 20.1. The number of hydrogen-bond acceptors (Lipinski definition) is 3. The van der Waals surface area contributed by atoms with Gasteiger partial charge >= 0.3 is 11.7 Å². The fraction of sp³-hybridized carbons (Fsp3) is 0.0952. The molecule has 1 N–H and O–H groups in total. The second-order valence-corrected chi connectivity index (χ2v) is 6.35. The maximum atomic E-state index is 12.9. The number of carboxylic acids is 1. The van der Waals surface area contributed by atoms with Crippen LogP contribution in [-0.2, 0) is 17.9 Å². The molecule has 1 aromatic heterocycles. The van der Waals surface area contributed by atoms with Gasteiger partial charge in [-0.3, -0.25) is 18.7 Å². The van der Waals surface area contributed by atoms with Gasteiger partial charge in [-0.15, -0.1) is 0 Å². The van der Waals surface area contributed by atoms with Gasteiger partial charge in [0.1, 0.15) is 6.54 Å². The molecule has 0 aliphatic rings. The number of para-hydroxylation sites is 1. The zero-order valence-electron chi connectivity index (χ0n) is 14.3. The minimum atomic E-state index is -1.14. The number of aromatic nitrogens is 2. The highest BCUT2D eigenvalue weighted by Crippen LogP contribution is 2.16. The lowest BCUT2D eigenvalue weighted by atomic mass is 10.1. The minimum absolute atomic E-state index is 0.0763. The molecule has 0 saturated carbocycles. The van der Waals surface area contributed by atoms with Crippen molar-refractivity contribution in [2.24, 2.45) is 0 Å². The van der Waals surface area contributed by atoms with E-state index < -0.39 is 23.8 Å². The standard InChI is InChI=1S/C21H16N2O4/c24-19(25)13-22-18-8-4-3-7-17(18)20(26)23(21(22)27)12-14-9-10-15-5-1-2-6-16(15)11-14/h1-11H,12-13H2,(H,24,25). The third-order valence-electron chi connectivity index (χ3n) is 4.58. The lowest BCUT2D eigenvalue weighted by Gasteiger charge is -2.13. The van der Waals surface area contributed by atoms with Crippen molar-refractivity contribution in [3.8, 4) is 0 Å². The molecule has 0 unspecified atom stereocenters. The van der Waals surface area contributed by atoms with E-state index in [2.05, 4.69) is 0 Å². The van der Waals surface area contributed by atoms with E-state index in [0.29, 0.717) is 10.9 Å². The Morgan fingerprint density at radius 3 is 2.33 bits per heavy atom. The molecule has 134 valence electrons. The number of carbonyl (C=O) groups is 1. The van der Waals surface area contributed by atoms with Crippen molar-refractivity contribution in [3.05, 3.63) is 93.1 Å². The van der Waals surface area contributed by atoms with Gasteiger partial charge in [0.05, 0.1) is 17.4 Å². The third kappa shape index (κ3) is 3.01. The fourth-order valence-electron chi connectivity index (χ4n) is 3.32. The van der Waals surface area contributed by atoms with Crippen molar-refractivity contribution in [1.82, 2.24) is 9.13 Å². The highest BCUT2D eigenvalue weighted by Gasteiger charge is 2.15. The van der Waals surface area contributed by atoms with Crippen molar-refractivity contribution < 1.29 is 9.90 Å². The van der Waals surface area contributed by atoms with Crippen LogP contribution >= 0.6 is 0 Å².